The molecule has 0 amide bonds. The van der Waals surface area contributed by atoms with Gasteiger partial charge >= 0.3 is 0 Å². The van der Waals surface area contributed by atoms with Crippen molar-refractivity contribution in [2.24, 2.45) is 10.9 Å². The van der Waals surface area contributed by atoms with Crippen molar-refractivity contribution in [1.29, 1.82) is 0 Å². The Morgan fingerprint density at radius 2 is 2.30 bits per heavy atom. The summed E-state index contributed by atoms with van der Waals surface area (Å²) in [5.74, 6) is 2.46. The van der Waals surface area contributed by atoms with Crippen LogP contribution in [-0.4, -0.2) is 58.4 Å². The number of hydrogen-bond donors (Lipinski definition) is 1. The van der Waals surface area contributed by atoms with Crippen LogP contribution in [0.3, 0.4) is 0 Å². The summed E-state index contributed by atoms with van der Waals surface area (Å²) in [6, 6.07) is 8.18. The largest absolute Gasteiger partial charge is 0.497 e. The van der Waals surface area contributed by atoms with Crippen LogP contribution in [0.4, 0.5) is 0 Å². The molecule has 1 fully saturated rings. The van der Waals surface area contributed by atoms with Gasteiger partial charge in [0.05, 0.1) is 13.7 Å². The van der Waals surface area contributed by atoms with Crippen LogP contribution in [0, 0.1) is 5.92 Å². The lowest BCUT2D eigenvalue weighted by Crippen LogP contribution is -2.42. The smallest absolute Gasteiger partial charge is 0.193 e. The van der Waals surface area contributed by atoms with Crippen molar-refractivity contribution in [3.63, 3.8) is 0 Å². The first-order chi connectivity index (χ1) is 10.7. The Balaban J connectivity index is 0.00000264. The lowest BCUT2D eigenvalue weighted by Gasteiger charge is -2.24. The maximum Gasteiger partial charge on any atom is 0.193 e. The van der Waals surface area contributed by atoms with Gasteiger partial charge in [0, 0.05) is 39.7 Å². The summed E-state index contributed by atoms with van der Waals surface area (Å²) in [6.07, 6.45) is 2.09. The molecule has 1 heterocycles. The molecule has 23 heavy (non-hydrogen) atoms. The van der Waals surface area contributed by atoms with E-state index in [2.05, 4.69) is 34.4 Å². The Labute approximate surface area is 156 Å². The van der Waals surface area contributed by atoms with Crippen LogP contribution in [0.1, 0.15) is 12.0 Å². The van der Waals surface area contributed by atoms with Crippen LogP contribution in [0.5, 0.6) is 5.75 Å². The summed E-state index contributed by atoms with van der Waals surface area (Å²) in [7, 11) is 5.61. The summed E-state index contributed by atoms with van der Waals surface area (Å²) in [6.45, 7) is 3.59. The van der Waals surface area contributed by atoms with Gasteiger partial charge in [0.25, 0.3) is 0 Å². The fourth-order valence-corrected chi connectivity index (χ4v) is 2.73. The molecule has 2 rings (SSSR count). The third-order valence-corrected chi connectivity index (χ3v) is 3.96. The molecule has 0 aromatic heterocycles. The molecule has 0 saturated carbocycles. The lowest BCUT2D eigenvalue weighted by atomic mass is 10.1. The number of guanidine groups is 1. The first-order valence-electron chi connectivity index (χ1n) is 7.85. The molecule has 1 unspecified atom stereocenters. The van der Waals surface area contributed by atoms with E-state index in [1.54, 1.807) is 7.11 Å². The molecule has 6 heteroatoms. The van der Waals surface area contributed by atoms with Gasteiger partial charge in [0.15, 0.2) is 5.96 Å². The highest BCUT2D eigenvalue weighted by Gasteiger charge is 2.18. The first-order valence-corrected chi connectivity index (χ1v) is 7.85. The van der Waals surface area contributed by atoms with Crippen molar-refractivity contribution in [3.05, 3.63) is 29.8 Å². The van der Waals surface area contributed by atoms with Crippen LogP contribution in [0.15, 0.2) is 29.3 Å². The van der Waals surface area contributed by atoms with Crippen LogP contribution in [0.2, 0.25) is 0 Å². The monoisotopic (exact) mass is 433 g/mol. The number of rotatable bonds is 6. The maximum absolute atomic E-state index is 5.43. The molecule has 0 aliphatic carbocycles. The van der Waals surface area contributed by atoms with E-state index in [4.69, 9.17) is 9.47 Å². The Morgan fingerprint density at radius 3 is 2.96 bits per heavy atom. The Kier molecular flexibility index (Phi) is 9.31. The Morgan fingerprint density at radius 1 is 1.48 bits per heavy atom. The van der Waals surface area contributed by atoms with Crippen molar-refractivity contribution in [3.8, 4) is 5.75 Å². The Hall–Kier alpha value is -1.02. The number of ether oxygens (including phenoxy) is 2. The van der Waals surface area contributed by atoms with Crippen LogP contribution in [0.25, 0.3) is 0 Å². The molecule has 0 bridgehead atoms. The van der Waals surface area contributed by atoms with E-state index in [-0.39, 0.29) is 24.0 Å². The van der Waals surface area contributed by atoms with Gasteiger partial charge in [-0.2, -0.15) is 0 Å². The lowest BCUT2D eigenvalue weighted by molar-refractivity contribution is 0.181. The summed E-state index contributed by atoms with van der Waals surface area (Å²) in [5.41, 5.74) is 1.26. The third kappa shape index (κ3) is 6.55. The second kappa shape index (κ2) is 10.7. The normalized spacial score (nSPS) is 17.5. The SMILES string of the molecule is CN=C(NCCc1cccc(OC)c1)N(C)CC1CCOC1.I. The van der Waals surface area contributed by atoms with E-state index in [1.165, 1.54) is 5.56 Å². The summed E-state index contributed by atoms with van der Waals surface area (Å²) >= 11 is 0. The average Bonchev–Trinajstić information content (AvgIpc) is 3.04. The van der Waals surface area contributed by atoms with Gasteiger partial charge in [0.2, 0.25) is 0 Å². The molecular weight excluding hydrogens is 405 g/mol. The third-order valence-electron chi connectivity index (χ3n) is 3.96. The molecular formula is C17H28IN3O2. The standard InChI is InChI=1S/C17H27N3O2.HI/c1-18-17(20(2)12-15-8-10-22-13-15)19-9-7-14-5-4-6-16(11-14)21-3;/h4-6,11,15H,7-10,12-13H2,1-3H3,(H,18,19);1H. The van der Waals surface area contributed by atoms with Crippen LogP contribution >= 0.6 is 24.0 Å². The van der Waals surface area contributed by atoms with Crippen molar-refractivity contribution in [2.45, 2.75) is 12.8 Å². The number of nitrogens with one attached hydrogen (secondary N) is 1. The van der Waals surface area contributed by atoms with Gasteiger partial charge in [-0.25, -0.2) is 0 Å². The van der Waals surface area contributed by atoms with Crippen LogP contribution < -0.4 is 10.1 Å². The highest BCUT2D eigenvalue weighted by Crippen LogP contribution is 2.14. The molecule has 0 spiro atoms. The summed E-state index contributed by atoms with van der Waals surface area (Å²) < 4.78 is 10.7. The molecule has 1 N–H and O–H groups in total. The zero-order valence-corrected chi connectivity index (χ0v) is 16.6. The number of nitrogens with zero attached hydrogens (tertiary/aromatic N) is 2. The Bertz CT molecular complexity index is 490. The van der Waals surface area contributed by atoms with Crippen molar-refractivity contribution in [1.82, 2.24) is 10.2 Å². The van der Waals surface area contributed by atoms with Crippen LogP contribution in [-0.2, 0) is 11.2 Å². The molecule has 1 aromatic carbocycles. The highest BCUT2D eigenvalue weighted by atomic mass is 127. The van der Waals surface area contributed by atoms with Gasteiger partial charge in [-0.1, -0.05) is 12.1 Å². The van der Waals surface area contributed by atoms with E-state index in [0.29, 0.717) is 5.92 Å². The number of aliphatic imine (C=N–C) groups is 1. The van der Waals surface area contributed by atoms with Crippen molar-refractivity contribution < 1.29 is 9.47 Å². The minimum Gasteiger partial charge on any atom is -0.497 e. The van der Waals surface area contributed by atoms with Crippen molar-refractivity contribution >= 4 is 29.9 Å². The van der Waals surface area contributed by atoms with E-state index in [9.17, 15) is 0 Å². The minimum atomic E-state index is 0. The molecule has 1 aliphatic rings. The van der Waals surface area contributed by atoms with E-state index in [0.717, 1.165) is 50.9 Å². The van der Waals surface area contributed by atoms with E-state index in [1.807, 2.05) is 19.2 Å². The summed E-state index contributed by atoms with van der Waals surface area (Å²) in [4.78, 5) is 6.55. The van der Waals surface area contributed by atoms with Crippen molar-refractivity contribution in [2.75, 3.05) is 47.5 Å². The highest BCUT2D eigenvalue weighted by molar-refractivity contribution is 14.0. The topological polar surface area (TPSA) is 46.1 Å². The first kappa shape index (κ1) is 20.0. The quantitative estimate of drug-likeness (QED) is 0.425. The molecule has 0 radical (unpaired) electrons. The van der Waals surface area contributed by atoms with E-state index >= 15 is 0 Å². The number of benzene rings is 1. The van der Waals surface area contributed by atoms with Gasteiger partial charge in [-0.15, -0.1) is 24.0 Å². The molecule has 1 aliphatic heterocycles. The maximum atomic E-state index is 5.43. The predicted molar refractivity (Wildman–Crippen MR) is 105 cm³/mol. The van der Waals surface area contributed by atoms with Gasteiger partial charge in [0.1, 0.15) is 5.75 Å². The predicted octanol–water partition coefficient (Wildman–Crippen LogP) is 2.40. The molecule has 130 valence electrons. The van der Waals surface area contributed by atoms with Gasteiger partial charge in [-0.05, 0) is 30.5 Å². The second-order valence-electron chi connectivity index (χ2n) is 5.69. The molecule has 1 saturated heterocycles. The summed E-state index contributed by atoms with van der Waals surface area (Å²) in [5, 5.41) is 3.42. The van der Waals surface area contributed by atoms with Gasteiger partial charge < -0.3 is 19.7 Å². The zero-order valence-electron chi connectivity index (χ0n) is 14.2. The van der Waals surface area contributed by atoms with Gasteiger partial charge in [-0.3, -0.25) is 4.99 Å². The number of hydrogen-bond acceptors (Lipinski definition) is 3. The fraction of sp³-hybridized carbons (Fsp3) is 0.588. The molecule has 1 aromatic rings. The molecule has 1 atom stereocenters. The minimum absolute atomic E-state index is 0. The van der Waals surface area contributed by atoms with E-state index < -0.39 is 0 Å². The fourth-order valence-electron chi connectivity index (χ4n) is 2.73. The molecule has 5 nitrogen and oxygen atoms in total. The number of methoxy groups -OCH3 is 1. The zero-order chi connectivity index (χ0) is 15.8. The second-order valence-corrected chi connectivity index (χ2v) is 5.69. The number of halogens is 1. The average molecular weight is 433 g/mol.